The summed E-state index contributed by atoms with van der Waals surface area (Å²) in [5, 5.41) is 0.780. The molecule has 0 aromatic carbocycles. The zero-order valence-electron chi connectivity index (χ0n) is 13.5. The van der Waals surface area contributed by atoms with Crippen LogP contribution in [-0.4, -0.2) is 48.1 Å². The molecule has 3 heterocycles. The van der Waals surface area contributed by atoms with Gasteiger partial charge in [-0.25, -0.2) is 4.98 Å². The lowest BCUT2D eigenvalue weighted by atomic mass is 10.3. The molecule has 25 heavy (non-hydrogen) atoms. The van der Waals surface area contributed by atoms with Gasteiger partial charge in [-0.3, -0.25) is 20.4 Å². The predicted molar refractivity (Wildman–Crippen MR) is 96.4 cm³/mol. The van der Waals surface area contributed by atoms with Crippen molar-refractivity contribution in [3.63, 3.8) is 0 Å². The molecule has 2 amide bonds. The number of aryl methyl sites for hydroxylation is 1. The van der Waals surface area contributed by atoms with Gasteiger partial charge in [0, 0.05) is 19.3 Å². The molecule has 0 spiro atoms. The number of aromatic amines is 1. The minimum absolute atomic E-state index is 0.285. The number of carbonyl (C=O) groups is 2. The molecule has 2 aromatic heterocycles. The highest BCUT2D eigenvalue weighted by Crippen LogP contribution is 2.26. The van der Waals surface area contributed by atoms with Crippen molar-refractivity contribution in [3.8, 4) is 0 Å². The average Bonchev–Trinajstić information content (AvgIpc) is 3.02. The quantitative estimate of drug-likeness (QED) is 0.551. The van der Waals surface area contributed by atoms with E-state index in [4.69, 9.17) is 17.0 Å². The van der Waals surface area contributed by atoms with Crippen molar-refractivity contribution in [3.05, 3.63) is 39.1 Å². The van der Waals surface area contributed by atoms with Gasteiger partial charge in [0.2, 0.25) is 0 Å². The molecule has 1 saturated heterocycles. The van der Waals surface area contributed by atoms with Crippen LogP contribution in [0, 0.1) is 11.6 Å². The Bertz CT molecular complexity index is 842. The highest BCUT2D eigenvalue weighted by atomic mass is 32.1. The van der Waals surface area contributed by atoms with Crippen molar-refractivity contribution in [1.82, 2.24) is 20.8 Å². The second-order valence-corrected chi connectivity index (χ2v) is 6.72. The summed E-state index contributed by atoms with van der Waals surface area (Å²) in [6.07, 6.45) is 1.63. The summed E-state index contributed by atoms with van der Waals surface area (Å²) in [5.41, 5.74) is 5.69. The summed E-state index contributed by atoms with van der Waals surface area (Å²) < 4.78 is 5.62. The van der Waals surface area contributed by atoms with Crippen molar-refractivity contribution in [2.45, 2.75) is 6.92 Å². The number of ether oxygens (including phenoxy) is 1. The van der Waals surface area contributed by atoms with E-state index in [0.717, 1.165) is 18.2 Å². The van der Waals surface area contributed by atoms with E-state index in [2.05, 4.69) is 25.7 Å². The number of hydrogen-bond acceptors (Lipinski definition) is 7. The molecule has 3 N–H and O–H groups in total. The normalized spacial score (nSPS) is 14.2. The number of carbonyl (C=O) groups excluding carboxylic acids is 2. The van der Waals surface area contributed by atoms with Crippen LogP contribution in [0.25, 0.3) is 0 Å². The van der Waals surface area contributed by atoms with Crippen molar-refractivity contribution >= 4 is 40.5 Å². The number of aromatic nitrogens is 2. The fourth-order valence-electron chi connectivity index (χ4n) is 2.32. The Morgan fingerprint density at radius 3 is 2.76 bits per heavy atom. The maximum atomic E-state index is 12.3. The smallest absolute Gasteiger partial charge is 0.281 e. The number of H-pyrrole nitrogens is 1. The van der Waals surface area contributed by atoms with Gasteiger partial charge in [0.25, 0.3) is 11.8 Å². The monoisotopic (exact) mass is 379 g/mol. The molecule has 0 saturated carbocycles. The Morgan fingerprint density at radius 1 is 1.32 bits per heavy atom. The summed E-state index contributed by atoms with van der Waals surface area (Å²) in [6.45, 7) is 4.56. The number of anilines is 1. The summed E-state index contributed by atoms with van der Waals surface area (Å²) in [6, 6.07) is 3.24. The standard InChI is InChI=1S/C15H17N5O3S2/c1-9-11(25-15(17-9)20-5-7-23-8-6-20)13(22)19-18-12(21)10-3-2-4-16-14(10)24/h2-4H,5-8H2,1H3,(H,16,24)(H,18,21)(H,19,22). The molecule has 1 fully saturated rings. The average molecular weight is 379 g/mol. The van der Waals surface area contributed by atoms with Crippen molar-refractivity contribution < 1.29 is 14.3 Å². The fourth-order valence-corrected chi connectivity index (χ4v) is 3.56. The van der Waals surface area contributed by atoms with E-state index in [9.17, 15) is 9.59 Å². The minimum Gasteiger partial charge on any atom is -0.378 e. The van der Waals surface area contributed by atoms with Gasteiger partial charge in [-0.2, -0.15) is 0 Å². The lowest BCUT2D eigenvalue weighted by molar-refractivity contribution is 0.0848. The number of morpholine rings is 1. The molecule has 0 aliphatic carbocycles. The van der Waals surface area contributed by atoms with Gasteiger partial charge in [0.1, 0.15) is 9.52 Å². The van der Waals surface area contributed by atoms with Crippen molar-refractivity contribution in [2.24, 2.45) is 0 Å². The van der Waals surface area contributed by atoms with Crippen LogP contribution in [0.4, 0.5) is 5.13 Å². The van der Waals surface area contributed by atoms with Crippen LogP contribution >= 0.6 is 23.6 Å². The third-order valence-corrected chi connectivity index (χ3v) is 5.18. The summed E-state index contributed by atoms with van der Waals surface area (Å²) in [7, 11) is 0. The number of nitrogens with zero attached hydrogens (tertiary/aromatic N) is 2. The number of nitrogens with one attached hydrogen (secondary N) is 3. The van der Waals surface area contributed by atoms with Gasteiger partial charge in [0.05, 0.1) is 24.5 Å². The summed E-state index contributed by atoms with van der Waals surface area (Å²) >= 11 is 6.34. The van der Waals surface area contributed by atoms with Gasteiger partial charge in [0.15, 0.2) is 5.13 Å². The zero-order chi connectivity index (χ0) is 17.8. The summed E-state index contributed by atoms with van der Waals surface area (Å²) in [4.78, 5) is 34.2. The maximum absolute atomic E-state index is 12.3. The SMILES string of the molecule is Cc1nc(N2CCOCC2)sc1C(=O)NNC(=O)c1ccc[nH]c1=S. The van der Waals surface area contributed by atoms with Gasteiger partial charge in [-0.05, 0) is 19.1 Å². The first-order valence-corrected chi connectivity index (χ1v) is 8.87. The molecule has 1 aliphatic rings. The van der Waals surface area contributed by atoms with E-state index in [1.54, 1.807) is 25.3 Å². The second-order valence-electron chi connectivity index (χ2n) is 5.33. The number of amides is 2. The lowest BCUT2D eigenvalue weighted by Gasteiger charge is -2.25. The molecule has 1 aliphatic heterocycles. The van der Waals surface area contributed by atoms with E-state index in [0.29, 0.717) is 28.4 Å². The Hall–Kier alpha value is -2.30. The van der Waals surface area contributed by atoms with Crippen LogP contribution in [0.2, 0.25) is 0 Å². The lowest BCUT2D eigenvalue weighted by Crippen LogP contribution is -2.41. The Balaban J connectivity index is 1.65. The highest BCUT2D eigenvalue weighted by molar-refractivity contribution is 7.71. The van der Waals surface area contributed by atoms with E-state index in [1.807, 2.05) is 0 Å². The Morgan fingerprint density at radius 2 is 2.04 bits per heavy atom. The second kappa shape index (κ2) is 7.72. The van der Waals surface area contributed by atoms with Crippen LogP contribution in [0.3, 0.4) is 0 Å². The van der Waals surface area contributed by atoms with E-state index >= 15 is 0 Å². The van der Waals surface area contributed by atoms with Crippen LogP contribution in [-0.2, 0) is 4.74 Å². The minimum atomic E-state index is -0.481. The van der Waals surface area contributed by atoms with Crippen molar-refractivity contribution in [2.75, 3.05) is 31.2 Å². The first-order valence-electron chi connectivity index (χ1n) is 7.65. The number of pyridine rings is 1. The first-order chi connectivity index (χ1) is 12.1. The molecule has 10 heteroatoms. The molecular weight excluding hydrogens is 362 g/mol. The molecule has 3 rings (SSSR count). The molecule has 8 nitrogen and oxygen atoms in total. The van der Waals surface area contributed by atoms with Crippen LogP contribution in [0.5, 0.6) is 0 Å². The fraction of sp³-hybridized carbons (Fsp3) is 0.333. The largest absolute Gasteiger partial charge is 0.378 e. The molecule has 0 unspecified atom stereocenters. The maximum Gasteiger partial charge on any atom is 0.281 e. The highest BCUT2D eigenvalue weighted by Gasteiger charge is 2.21. The Kier molecular flexibility index (Phi) is 5.41. The number of hydrogen-bond donors (Lipinski definition) is 3. The Labute approximate surface area is 153 Å². The topological polar surface area (TPSA) is 99.3 Å². The molecule has 2 aromatic rings. The van der Waals surface area contributed by atoms with E-state index in [-0.39, 0.29) is 5.56 Å². The summed E-state index contributed by atoms with van der Waals surface area (Å²) in [5.74, 6) is -0.889. The van der Waals surface area contributed by atoms with Gasteiger partial charge >= 0.3 is 0 Å². The molecule has 0 bridgehead atoms. The number of rotatable bonds is 3. The van der Waals surface area contributed by atoms with E-state index < -0.39 is 11.8 Å². The van der Waals surface area contributed by atoms with Crippen LogP contribution in [0.15, 0.2) is 18.3 Å². The van der Waals surface area contributed by atoms with E-state index in [1.165, 1.54) is 11.3 Å². The third kappa shape index (κ3) is 4.03. The number of thiazole rings is 1. The van der Waals surface area contributed by atoms with Crippen molar-refractivity contribution in [1.29, 1.82) is 0 Å². The number of hydrazine groups is 1. The van der Waals surface area contributed by atoms with Crippen LogP contribution in [0.1, 0.15) is 25.7 Å². The first kappa shape index (κ1) is 17.5. The predicted octanol–water partition coefficient (Wildman–Crippen LogP) is 1.42. The molecule has 0 radical (unpaired) electrons. The van der Waals surface area contributed by atoms with Crippen LogP contribution < -0.4 is 15.8 Å². The third-order valence-electron chi connectivity index (χ3n) is 3.63. The molecule has 132 valence electrons. The zero-order valence-corrected chi connectivity index (χ0v) is 15.1. The molecule has 0 atom stereocenters. The van der Waals surface area contributed by atoms with Gasteiger partial charge in [-0.15, -0.1) is 0 Å². The molecular formula is C15H17N5O3S2. The van der Waals surface area contributed by atoms with Gasteiger partial charge < -0.3 is 14.6 Å². The van der Waals surface area contributed by atoms with Gasteiger partial charge in [-0.1, -0.05) is 23.6 Å².